The number of aromatic nitrogens is 1. The molecule has 5 nitrogen and oxygen atoms in total. The summed E-state index contributed by atoms with van der Waals surface area (Å²) in [5.41, 5.74) is 0. The minimum atomic E-state index is 0.554. The molecule has 23 heavy (non-hydrogen) atoms. The van der Waals surface area contributed by atoms with Gasteiger partial charge in [0.1, 0.15) is 12.4 Å². The standard InChI is InChI=1S/C17H24N4OS/c1-14(11-16-6-4-10-23-16)12-21-17(18-2)20-8-9-22-15-5-3-7-19-13-15/h3-7,10,13-14H,8-9,11-12H2,1-2H3,(H2,18,20,21). The van der Waals surface area contributed by atoms with Gasteiger partial charge in [-0.15, -0.1) is 11.3 Å². The lowest BCUT2D eigenvalue weighted by molar-refractivity contribution is 0.320. The fourth-order valence-corrected chi connectivity index (χ4v) is 2.98. The van der Waals surface area contributed by atoms with Crippen molar-refractivity contribution >= 4 is 17.3 Å². The van der Waals surface area contributed by atoms with Gasteiger partial charge in [-0.05, 0) is 35.9 Å². The maximum Gasteiger partial charge on any atom is 0.191 e. The molecular weight excluding hydrogens is 308 g/mol. The third kappa shape index (κ3) is 6.69. The van der Waals surface area contributed by atoms with Crippen LogP contribution >= 0.6 is 11.3 Å². The summed E-state index contributed by atoms with van der Waals surface area (Å²) in [5.74, 6) is 2.14. The first kappa shape index (κ1) is 17.3. The highest BCUT2D eigenvalue weighted by molar-refractivity contribution is 7.09. The summed E-state index contributed by atoms with van der Waals surface area (Å²) in [6, 6.07) is 8.04. The van der Waals surface area contributed by atoms with E-state index in [9.17, 15) is 0 Å². The highest BCUT2D eigenvalue weighted by Gasteiger charge is 2.06. The van der Waals surface area contributed by atoms with Crippen molar-refractivity contribution in [3.63, 3.8) is 0 Å². The lowest BCUT2D eigenvalue weighted by atomic mass is 10.1. The van der Waals surface area contributed by atoms with Gasteiger partial charge in [0, 0.05) is 24.7 Å². The Hall–Kier alpha value is -2.08. The van der Waals surface area contributed by atoms with Crippen LogP contribution in [0.4, 0.5) is 0 Å². The van der Waals surface area contributed by atoms with E-state index >= 15 is 0 Å². The number of nitrogens with one attached hydrogen (secondary N) is 2. The monoisotopic (exact) mass is 332 g/mol. The van der Waals surface area contributed by atoms with Gasteiger partial charge in [0.05, 0.1) is 12.7 Å². The molecule has 2 aromatic rings. The van der Waals surface area contributed by atoms with Crippen LogP contribution in [-0.4, -0.2) is 37.7 Å². The molecule has 2 aromatic heterocycles. The van der Waals surface area contributed by atoms with Crippen LogP contribution < -0.4 is 15.4 Å². The summed E-state index contributed by atoms with van der Waals surface area (Å²) < 4.78 is 5.59. The molecule has 0 saturated heterocycles. The Bertz CT molecular complexity index is 572. The number of hydrogen-bond acceptors (Lipinski definition) is 4. The molecule has 2 heterocycles. The molecule has 0 radical (unpaired) electrons. The van der Waals surface area contributed by atoms with Crippen molar-refractivity contribution in [3.8, 4) is 5.75 Å². The molecule has 1 unspecified atom stereocenters. The van der Waals surface area contributed by atoms with Gasteiger partial charge < -0.3 is 15.4 Å². The quantitative estimate of drug-likeness (QED) is 0.443. The Labute approximate surface area is 141 Å². The van der Waals surface area contributed by atoms with Crippen LogP contribution in [0.25, 0.3) is 0 Å². The first-order valence-corrected chi connectivity index (χ1v) is 8.65. The Morgan fingerprint density at radius 1 is 1.35 bits per heavy atom. The van der Waals surface area contributed by atoms with Crippen molar-refractivity contribution in [1.82, 2.24) is 15.6 Å². The van der Waals surface area contributed by atoms with E-state index in [0.717, 1.165) is 24.7 Å². The molecule has 0 aliphatic rings. The van der Waals surface area contributed by atoms with Crippen molar-refractivity contribution in [2.45, 2.75) is 13.3 Å². The minimum Gasteiger partial charge on any atom is -0.490 e. The summed E-state index contributed by atoms with van der Waals surface area (Å²) in [7, 11) is 1.78. The number of rotatable bonds is 8. The summed E-state index contributed by atoms with van der Waals surface area (Å²) in [5, 5.41) is 8.73. The number of hydrogen-bond donors (Lipinski definition) is 2. The molecule has 124 valence electrons. The first-order valence-electron chi connectivity index (χ1n) is 7.77. The highest BCUT2D eigenvalue weighted by Crippen LogP contribution is 2.13. The highest BCUT2D eigenvalue weighted by atomic mass is 32.1. The summed E-state index contributed by atoms with van der Waals surface area (Å²) >= 11 is 1.81. The van der Waals surface area contributed by atoms with Gasteiger partial charge in [0.2, 0.25) is 0 Å². The van der Waals surface area contributed by atoms with Gasteiger partial charge >= 0.3 is 0 Å². The number of nitrogens with zero attached hydrogens (tertiary/aromatic N) is 2. The number of ether oxygens (including phenoxy) is 1. The van der Waals surface area contributed by atoms with Crippen molar-refractivity contribution in [2.24, 2.45) is 10.9 Å². The van der Waals surface area contributed by atoms with Crippen LogP contribution in [0, 0.1) is 5.92 Å². The molecule has 0 spiro atoms. The van der Waals surface area contributed by atoms with Gasteiger partial charge in [0.25, 0.3) is 0 Å². The van der Waals surface area contributed by atoms with Crippen LogP contribution in [0.2, 0.25) is 0 Å². The summed E-state index contributed by atoms with van der Waals surface area (Å²) in [6.45, 7) is 4.39. The Morgan fingerprint density at radius 2 is 2.26 bits per heavy atom. The number of pyridine rings is 1. The smallest absolute Gasteiger partial charge is 0.191 e. The molecule has 6 heteroatoms. The zero-order valence-electron chi connectivity index (χ0n) is 13.7. The average Bonchev–Trinajstić information content (AvgIpc) is 3.08. The van der Waals surface area contributed by atoms with E-state index in [1.165, 1.54) is 4.88 Å². The molecule has 0 aliphatic carbocycles. The second-order valence-corrected chi connectivity index (χ2v) is 6.34. The molecular formula is C17H24N4OS. The maximum absolute atomic E-state index is 5.59. The first-order chi connectivity index (χ1) is 11.3. The molecule has 0 amide bonds. The zero-order chi connectivity index (χ0) is 16.3. The van der Waals surface area contributed by atoms with Gasteiger partial charge in [-0.25, -0.2) is 0 Å². The maximum atomic E-state index is 5.59. The van der Waals surface area contributed by atoms with Crippen LogP contribution in [0.5, 0.6) is 5.75 Å². The molecule has 0 aliphatic heterocycles. The van der Waals surface area contributed by atoms with Crippen LogP contribution in [0.15, 0.2) is 47.0 Å². The predicted molar refractivity (Wildman–Crippen MR) is 96.3 cm³/mol. The van der Waals surface area contributed by atoms with Crippen molar-refractivity contribution < 1.29 is 4.74 Å². The van der Waals surface area contributed by atoms with Crippen molar-refractivity contribution in [2.75, 3.05) is 26.7 Å². The second-order valence-electron chi connectivity index (χ2n) is 5.31. The van der Waals surface area contributed by atoms with E-state index in [1.54, 1.807) is 19.4 Å². The van der Waals surface area contributed by atoms with E-state index < -0.39 is 0 Å². The van der Waals surface area contributed by atoms with Gasteiger partial charge in [-0.1, -0.05) is 13.0 Å². The van der Waals surface area contributed by atoms with Gasteiger partial charge in [0.15, 0.2) is 5.96 Å². The molecule has 1 atom stereocenters. The van der Waals surface area contributed by atoms with E-state index in [1.807, 2.05) is 23.5 Å². The molecule has 0 aromatic carbocycles. The van der Waals surface area contributed by atoms with Gasteiger partial charge in [-0.3, -0.25) is 9.98 Å². The SMILES string of the molecule is CN=C(NCCOc1cccnc1)NCC(C)Cc1cccs1. The normalized spacial score (nSPS) is 12.7. The Balaban J connectivity index is 1.61. The summed E-state index contributed by atoms with van der Waals surface area (Å²) in [4.78, 5) is 9.67. The van der Waals surface area contributed by atoms with Crippen LogP contribution in [0.3, 0.4) is 0 Å². The van der Waals surface area contributed by atoms with Crippen LogP contribution in [0.1, 0.15) is 11.8 Å². The Morgan fingerprint density at radius 3 is 2.96 bits per heavy atom. The lowest BCUT2D eigenvalue weighted by Crippen LogP contribution is -2.41. The van der Waals surface area contributed by atoms with E-state index in [-0.39, 0.29) is 0 Å². The molecule has 0 bridgehead atoms. The second kappa shape index (κ2) is 9.84. The Kier molecular flexibility index (Phi) is 7.39. The lowest BCUT2D eigenvalue weighted by Gasteiger charge is -2.15. The van der Waals surface area contributed by atoms with E-state index in [2.05, 4.69) is 45.0 Å². The third-order valence-corrected chi connectivity index (χ3v) is 4.17. The molecule has 2 N–H and O–H groups in total. The number of aliphatic imine (C=N–C) groups is 1. The number of guanidine groups is 1. The third-order valence-electron chi connectivity index (χ3n) is 3.27. The summed E-state index contributed by atoms with van der Waals surface area (Å²) in [6.07, 6.45) is 4.53. The van der Waals surface area contributed by atoms with Gasteiger partial charge in [-0.2, -0.15) is 0 Å². The minimum absolute atomic E-state index is 0.554. The molecule has 2 rings (SSSR count). The van der Waals surface area contributed by atoms with Crippen molar-refractivity contribution in [1.29, 1.82) is 0 Å². The van der Waals surface area contributed by atoms with E-state index in [4.69, 9.17) is 4.74 Å². The molecule has 0 fully saturated rings. The largest absolute Gasteiger partial charge is 0.490 e. The van der Waals surface area contributed by atoms with Crippen LogP contribution in [-0.2, 0) is 6.42 Å². The fourth-order valence-electron chi connectivity index (χ4n) is 2.11. The van der Waals surface area contributed by atoms with E-state index in [0.29, 0.717) is 19.1 Å². The number of thiophene rings is 1. The van der Waals surface area contributed by atoms with Crippen molar-refractivity contribution in [3.05, 3.63) is 46.9 Å². The zero-order valence-corrected chi connectivity index (χ0v) is 14.5. The average molecular weight is 332 g/mol. The topological polar surface area (TPSA) is 58.5 Å². The predicted octanol–water partition coefficient (Wildman–Crippen LogP) is 2.57. The molecule has 0 saturated carbocycles. The fraction of sp³-hybridized carbons (Fsp3) is 0.412.